The minimum Gasteiger partial charge on any atom is -0.386 e. The summed E-state index contributed by atoms with van der Waals surface area (Å²) in [6.45, 7) is 7.55. The topological polar surface area (TPSA) is 48.4 Å². The zero-order valence-electron chi connectivity index (χ0n) is 10.3. The highest BCUT2D eigenvalue weighted by atomic mass is 35.5. The second kappa shape index (κ2) is 5.67. The summed E-state index contributed by atoms with van der Waals surface area (Å²) in [5, 5.41) is 13.1. The fourth-order valence-corrected chi connectivity index (χ4v) is 1.83. The molecule has 2 heterocycles. The molecular weight excluding hydrogens is 238 g/mol. The molecule has 96 valence electrons. The maximum absolute atomic E-state index is 9.83. The zero-order valence-corrected chi connectivity index (χ0v) is 11.1. The fraction of sp³-hybridized carbons (Fsp3) is 0.583. The van der Waals surface area contributed by atoms with Crippen LogP contribution >= 0.6 is 12.4 Å². The highest BCUT2D eigenvalue weighted by Gasteiger charge is 2.17. The molecule has 0 aliphatic carbocycles. The van der Waals surface area contributed by atoms with Crippen molar-refractivity contribution >= 4 is 18.2 Å². The van der Waals surface area contributed by atoms with Gasteiger partial charge in [0.15, 0.2) is 0 Å². The van der Waals surface area contributed by atoms with Gasteiger partial charge in [0.1, 0.15) is 5.82 Å². The largest absolute Gasteiger partial charge is 0.386 e. The first-order valence-electron chi connectivity index (χ1n) is 5.72. The number of anilines is 1. The summed E-state index contributed by atoms with van der Waals surface area (Å²) in [5.74, 6) is 0.995. The van der Waals surface area contributed by atoms with Gasteiger partial charge in [-0.1, -0.05) is 6.07 Å². The van der Waals surface area contributed by atoms with Gasteiger partial charge >= 0.3 is 0 Å². The third-order valence-electron chi connectivity index (χ3n) is 2.90. The minimum absolute atomic E-state index is 0. The summed E-state index contributed by atoms with van der Waals surface area (Å²) in [6.07, 6.45) is 1.76. The van der Waals surface area contributed by atoms with Crippen LogP contribution in [0.2, 0.25) is 0 Å². The highest BCUT2D eigenvalue weighted by Crippen LogP contribution is 2.20. The summed E-state index contributed by atoms with van der Waals surface area (Å²) in [7, 11) is 0. The number of nitrogens with zero attached hydrogens (tertiary/aromatic N) is 2. The zero-order chi connectivity index (χ0) is 11.6. The van der Waals surface area contributed by atoms with Crippen molar-refractivity contribution in [1.82, 2.24) is 10.3 Å². The van der Waals surface area contributed by atoms with Gasteiger partial charge in [-0.2, -0.15) is 0 Å². The van der Waals surface area contributed by atoms with Crippen LogP contribution in [0, 0.1) is 0 Å². The van der Waals surface area contributed by atoms with E-state index in [4.69, 9.17) is 0 Å². The molecule has 1 aromatic heterocycles. The molecule has 0 amide bonds. The average molecular weight is 258 g/mol. The number of nitrogens with one attached hydrogen (secondary N) is 1. The lowest BCUT2D eigenvalue weighted by Crippen LogP contribution is -2.43. The Balaban J connectivity index is 0.00000144. The van der Waals surface area contributed by atoms with E-state index in [2.05, 4.69) is 15.2 Å². The van der Waals surface area contributed by atoms with E-state index in [1.54, 1.807) is 20.0 Å². The van der Waals surface area contributed by atoms with Crippen molar-refractivity contribution < 1.29 is 5.11 Å². The van der Waals surface area contributed by atoms with Crippen molar-refractivity contribution in [3.8, 4) is 0 Å². The predicted octanol–water partition coefficient (Wildman–Crippen LogP) is 1.14. The number of hydrogen-bond acceptors (Lipinski definition) is 4. The van der Waals surface area contributed by atoms with Gasteiger partial charge in [0.25, 0.3) is 0 Å². The lowest BCUT2D eigenvalue weighted by Gasteiger charge is -2.28. The van der Waals surface area contributed by atoms with Crippen molar-refractivity contribution in [2.24, 2.45) is 0 Å². The number of piperazine rings is 1. The van der Waals surface area contributed by atoms with E-state index in [0.717, 1.165) is 37.6 Å². The summed E-state index contributed by atoms with van der Waals surface area (Å²) in [5.41, 5.74) is 0.0426. The molecule has 17 heavy (non-hydrogen) atoms. The number of pyridine rings is 1. The van der Waals surface area contributed by atoms with E-state index in [1.165, 1.54) is 0 Å². The Morgan fingerprint density at radius 1 is 1.29 bits per heavy atom. The molecule has 1 aliphatic rings. The van der Waals surface area contributed by atoms with Crippen LogP contribution in [0.4, 0.5) is 5.82 Å². The third kappa shape index (κ3) is 3.56. The first-order valence-corrected chi connectivity index (χ1v) is 5.72. The first-order chi connectivity index (χ1) is 7.57. The first kappa shape index (κ1) is 14.2. The Labute approximate surface area is 108 Å². The van der Waals surface area contributed by atoms with Gasteiger partial charge in [0.05, 0.1) is 5.60 Å². The van der Waals surface area contributed by atoms with Crippen LogP contribution in [0.5, 0.6) is 0 Å². The van der Waals surface area contributed by atoms with Crippen LogP contribution in [0.1, 0.15) is 19.4 Å². The van der Waals surface area contributed by atoms with Gasteiger partial charge in [0.2, 0.25) is 0 Å². The monoisotopic (exact) mass is 257 g/mol. The van der Waals surface area contributed by atoms with E-state index >= 15 is 0 Å². The molecule has 2 N–H and O–H groups in total. The van der Waals surface area contributed by atoms with E-state index < -0.39 is 5.60 Å². The Morgan fingerprint density at radius 2 is 1.94 bits per heavy atom. The van der Waals surface area contributed by atoms with Gasteiger partial charge in [-0.15, -0.1) is 12.4 Å². The van der Waals surface area contributed by atoms with Gasteiger partial charge < -0.3 is 15.3 Å². The molecule has 0 radical (unpaired) electrons. The molecule has 1 fully saturated rings. The van der Waals surface area contributed by atoms with E-state index in [9.17, 15) is 5.11 Å². The minimum atomic E-state index is -0.811. The third-order valence-corrected chi connectivity index (χ3v) is 2.90. The Morgan fingerprint density at radius 3 is 2.41 bits per heavy atom. The van der Waals surface area contributed by atoms with E-state index in [1.807, 2.05) is 12.1 Å². The van der Waals surface area contributed by atoms with Gasteiger partial charge in [-0.3, -0.25) is 0 Å². The Bertz CT molecular complexity index is 342. The maximum atomic E-state index is 9.83. The lowest BCUT2D eigenvalue weighted by molar-refractivity contribution is 0.0782. The number of aliphatic hydroxyl groups is 1. The number of aromatic nitrogens is 1. The van der Waals surface area contributed by atoms with Crippen LogP contribution < -0.4 is 10.2 Å². The van der Waals surface area contributed by atoms with Crippen LogP contribution in [-0.4, -0.2) is 36.3 Å². The highest BCUT2D eigenvalue weighted by molar-refractivity contribution is 5.85. The molecular formula is C12H20ClN3O. The standard InChI is InChI=1S/C12H19N3O.ClH/c1-12(2,16)10-3-4-11(14-9-10)15-7-5-13-6-8-15;/h3-4,9,13,16H,5-8H2,1-2H3;1H. The van der Waals surface area contributed by atoms with Crippen LogP contribution in [0.3, 0.4) is 0 Å². The van der Waals surface area contributed by atoms with E-state index in [0.29, 0.717) is 0 Å². The van der Waals surface area contributed by atoms with Crippen LogP contribution in [0.15, 0.2) is 18.3 Å². The normalized spacial score (nSPS) is 16.5. The number of rotatable bonds is 2. The fourth-order valence-electron chi connectivity index (χ4n) is 1.83. The lowest BCUT2D eigenvalue weighted by atomic mass is 10.0. The SMILES string of the molecule is CC(C)(O)c1ccc(N2CCNCC2)nc1.Cl. The van der Waals surface area contributed by atoms with Crippen molar-refractivity contribution in [1.29, 1.82) is 0 Å². The molecule has 0 bridgehead atoms. The molecule has 5 heteroatoms. The molecule has 0 atom stereocenters. The van der Waals surface area contributed by atoms with Crippen molar-refractivity contribution in [3.05, 3.63) is 23.9 Å². The molecule has 0 saturated carbocycles. The number of halogens is 1. The predicted molar refractivity (Wildman–Crippen MR) is 71.8 cm³/mol. The summed E-state index contributed by atoms with van der Waals surface area (Å²) in [6, 6.07) is 3.93. The molecule has 0 aromatic carbocycles. The average Bonchev–Trinajstić information content (AvgIpc) is 2.29. The van der Waals surface area contributed by atoms with E-state index in [-0.39, 0.29) is 12.4 Å². The second-order valence-electron chi connectivity index (χ2n) is 4.70. The molecule has 2 rings (SSSR count). The molecule has 4 nitrogen and oxygen atoms in total. The van der Waals surface area contributed by atoms with Crippen LogP contribution in [-0.2, 0) is 5.60 Å². The molecule has 0 unspecified atom stereocenters. The quantitative estimate of drug-likeness (QED) is 0.834. The Kier molecular flexibility index (Phi) is 4.74. The summed E-state index contributed by atoms with van der Waals surface area (Å²) < 4.78 is 0. The van der Waals surface area contributed by atoms with Gasteiger partial charge in [0, 0.05) is 37.9 Å². The van der Waals surface area contributed by atoms with Crippen molar-refractivity contribution in [2.75, 3.05) is 31.1 Å². The van der Waals surface area contributed by atoms with Gasteiger partial charge in [-0.05, 0) is 19.9 Å². The summed E-state index contributed by atoms with van der Waals surface area (Å²) in [4.78, 5) is 6.66. The smallest absolute Gasteiger partial charge is 0.128 e. The van der Waals surface area contributed by atoms with Crippen molar-refractivity contribution in [3.63, 3.8) is 0 Å². The maximum Gasteiger partial charge on any atom is 0.128 e. The summed E-state index contributed by atoms with van der Waals surface area (Å²) >= 11 is 0. The second-order valence-corrected chi connectivity index (χ2v) is 4.70. The molecule has 1 aliphatic heterocycles. The number of hydrogen-bond donors (Lipinski definition) is 2. The molecule has 1 saturated heterocycles. The van der Waals surface area contributed by atoms with Crippen molar-refractivity contribution in [2.45, 2.75) is 19.4 Å². The Hall–Kier alpha value is -0.840. The molecule has 1 aromatic rings. The van der Waals surface area contributed by atoms with Crippen LogP contribution in [0.25, 0.3) is 0 Å². The van der Waals surface area contributed by atoms with Gasteiger partial charge in [-0.25, -0.2) is 4.98 Å². The molecule has 0 spiro atoms.